The summed E-state index contributed by atoms with van der Waals surface area (Å²) in [5.41, 5.74) is 0. The Morgan fingerprint density at radius 3 is 1.90 bits per heavy atom. The number of nitrogens with zero attached hydrogens (tertiary/aromatic N) is 1. The molecule has 2 nitrogen and oxygen atoms in total. The van der Waals surface area contributed by atoms with E-state index in [4.69, 9.17) is 5.11 Å². The van der Waals surface area contributed by atoms with E-state index < -0.39 is 0 Å². The highest BCUT2D eigenvalue weighted by atomic mass is 16.3. The van der Waals surface area contributed by atoms with Gasteiger partial charge in [0.15, 0.2) is 0 Å². The van der Waals surface area contributed by atoms with Gasteiger partial charge in [0, 0.05) is 6.04 Å². The van der Waals surface area contributed by atoms with E-state index in [1.54, 1.807) is 0 Å². The van der Waals surface area contributed by atoms with Crippen molar-refractivity contribution >= 4 is 0 Å². The van der Waals surface area contributed by atoms with Crippen LogP contribution >= 0.6 is 0 Å². The summed E-state index contributed by atoms with van der Waals surface area (Å²) in [5.74, 6) is 0. The molecule has 10 heavy (non-hydrogen) atoms. The molecule has 2 heteroatoms. The number of hydrogen-bond donors (Lipinski definition) is 1. The summed E-state index contributed by atoms with van der Waals surface area (Å²) in [4.78, 5) is 2.10. The first-order valence-electron chi connectivity index (χ1n) is 4.03. The molecule has 0 aromatic heterocycles. The molecule has 0 radical (unpaired) electrons. The van der Waals surface area contributed by atoms with Crippen molar-refractivity contribution in [1.29, 1.82) is 0 Å². The van der Waals surface area contributed by atoms with Crippen LogP contribution in [0.15, 0.2) is 0 Å². The smallest absolute Gasteiger partial charge is 0.0584 e. The van der Waals surface area contributed by atoms with E-state index in [-0.39, 0.29) is 6.61 Å². The van der Waals surface area contributed by atoms with Gasteiger partial charge in [0.1, 0.15) is 0 Å². The third kappa shape index (κ3) is 6.05. The predicted molar refractivity (Wildman–Crippen MR) is 46.2 cm³/mol. The molecule has 0 heterocycles. The molecule has 0 aliphatic carbocycles. The van der Waals surface area contributed by atoms with E-state index >= 15 is 0 Å². The van der Waals surface area contributed by atoms with Gasteiger partial charge in [0.2, 0.25) is 0 Å². The highest BCUT2D eigenvalue weighted by Crippen LogP contribution is 1.90. The first kappa shape index (κ1) is 12.6. The summed E-state index contributed by atoms with van der Waals surface area (Å²) in [5, 5.41) is 8.59. The van der Waals surface area contributed by atoms with Crippen molar-refractivity contribution < 1.29 is 5.11 Å². The monoisotopic (exact) mass is 147 g/mol. The van der Waals surface area contributed by atoms with E-state index in [9.17, 15) is 0 Å². The molecule has 0 spiro atoms. The Bertz CT molecular complexity index is 49.2. The lowest BCUT2D eigenvalue weighted by Crippen LogP contribution is -2.31. The van der Waals surface area contributed by atoms with Crippen molar-refractivity contribution in [1.82, 2.24) is 4.90 Å². The van der Waals surface area contributed by atoms with Crippen LogP contribution in [0.2, 0.25) is 0 Å². The van der Waals surface area contributed by atoms with Crippen LogP contribution < -0.4 is 0 Å². The van der Waals surface area contributed by atoms with Crippen LogP contribution in [0.25, 0.3) is 0 Å². The Balaban J connectivity index is 0. The Labute approximate surface area is 64.9 Å². The molecule has 1 atom stereocenters. The Morgan fingerprint density at radius 2 is 1.80 bits per heavy atom. The van der Waals surface area contributed by atoms with Gasteiger partial charge in [-0.3, -0.25) is 0 Å². The number of aliphatic hydroxyl groups excluding tert-OH is 1. The van der Waals surface area contributed by atoms with Crippen LogP contribution in [-0.4, -0.2) is 36.2 Å². The van der Waals surface area contributed by atoms with Gasteiger partial charge in [-0.05, 0) is 20.5 Å². The van der Waals surface area contributed by atoms with Crippen molar-refractivity contribution in [3.8, 4) is 0 Å². The van der Waals surface area contributed by atoms with E-state index in [0.717, 1.165) is 6.54 Å². The molecule has 0 aliphatic rings. The molecule has 0 amide bonds. The Kier molecular flexibility index (Phi) is 11.2. The normalized spacial score (nSPS) is 12.3. The van der Waals surface area contributed by atoms with Gasteiger partial charge >= 0.3 is 0 Å². The topological polar surface area (TPSA) is 23.5 Å². The zero-order chi connectivity index (χ0) is 8.57. The van der Waals surface area contributed by atoms with Crippen LogP contribution in [0.1, 0.15) is 27.7 Å². The fourth-order valence-electron chi connectivity index (χ4n) is 0.451. The number of rotatable bonds is 3. The van der Waals surface area contributed by atoms with Crippen LogP contribution in [-0.2, 0) is 0 Å². The molecule has 0 aromatic rings. The maximum absolute atomic E-state index is 8.59. The maximum Gasteiger partial charge on any atom is 0.0584 e. The highest BCUT2D eigenvalue weighted by molar-refractivity contribution is 4.57. The Hall–Kier alpha value is -0.0800. The Morgan fingerprint density at radius 1 is 1.40 bits per heavy atom. The molecular formula is C8H21NO. The SMILES string of the molecule is CC.CCN(C)C(C)CO. The number of likely N-dealkylation sites (N-methyl/N-ethyl adjacent to an activating group) is 1. The quantitative estimate of drug-likeness (QED) is 0.651. The van der Waals surface area contributed by atoms with Gasteiger partial charge in [-0.15, -0.1) is 0 Å². The molecule has 0 aliphatic heterocycles. The van der Waals surface area contributed by atoms with Gasteiger partial charge in [0.05, 0.1) is 6.61 Å². The predicted octanol–water partition coefficient (Wildman–Crippen LogP) is 1.35. The van der Waals surface area contributed by atoms with E-state index in [1.807, 2.05) is 27.8 Å². The van der Waals surface area contributed by atoms with Crippen molar-refractivity contribution in [2.45, 2.75) is 33.7 Å². The third-order valence-electron chi connectivity index (χ3n) is 1.52. The minimum atomic E-state index is 0.254. The molecule has 0 fully saturated rings. The van der Waals surface area contributed by atoms with Gasteiger partial charge in [-0.25, -0.2) is 0 Å². The lowest BCUT2D eigenvalue weighted by Gasteiger charge is -2.19. The van der Waals surface area contributed by atoms with E-state index in [0.29, 0.717) is 6.04 Å². The molecule has 0 aromatic carbocycles. The van der Waals surface area contributed by atoms with Crippen LogP contribution in [0, 0.1) is 0 Å². The first-order valence-corrected chi connectivity index (χ1v) is 4.03. The summed E-state index contributed by atoms with van der Waals surface area (Å²) >= 11 is 0. The second kappa shape index (κ2) is 8.92. The summed E-state index contributed by atoms with van der Waals surface area (Å²) in [6, 6.07) is 0.306. The zero-order valence-electron chi connectivity index (χ0n) is 7.89. The molecule has 1 unspecified atom stereocenters. The number of hydrogen-bond acceptors (Lipinski definition) is 2. The first-order chi connectivity index (χ1) is 4.72. The standard InChI is InChI=1S/C6H15NO.C2H6/c1-4-7(3)6(2)5-8;1-2/h6,8H,4-5H2,1-3H3;1-2H3. The summed E-state index contributed by atoms with van der Waals surface area (Å²) in [6.45, 7) is 9.34. The second-order valence-corrected chi connectivity index (χ2v) is 2.10. The minimum absolute atomic E-state index is 0.254. The van der Waals surface area contributed by atoms with Gasteiger partial charge in [-0.1, -0.05) is 20.8 Å². The summed E-state index contributed by atoms with van der Waals surface area (Å²) < 4.78 is 0. The molecule has 0 rings (SSSR count). The molecular weight excluding hydrogens is 126 g/mol. The summed E-state index contributed by atoms with van der Waals surface area (Å²) in [7, 11) is 2.00. The van der Waals surface area contributed by atoms with Gasteiger partial charge < -0.3 is 10.0 Å². The average molecular weight is 147 g/mol. The number of aliphatic hydroxyl groups is 1. The molecule has 1 N–H and O–H groups in total. The fraction of sp³-hybridized carbons (Fsp3) is 1.00. The average Bonchev–Trinajstić information content (AvgIpc) is 2.05. The largest absolute Gasteiger partial charge is 0.395 e. The molecule has 64 valence electrons. The lowest BCUT2D eigenvalue weighted by molar-refractivity contribution is 0.164. The van der Waals surface area contributed by atoms with E-state index in [2.05, 4.69) is 11.8 Å². The fourth-order valence-corrected chi connectivity index (χ4v) is 0.451. The van der Waals surface area contributed by atoms with Crippen molar-refractivity contribution in [2.24, 2.45) is 0 Å². The summed E-state index contributed by atoms with van der Waals surface area (Å²) in [6.07, 6.45) is 0. The van der Waals surface area contributed by atoms with Crippen LogP contribution in [0.5, 0.6) is 0 Å². The third-order valence-corrected chi connectivity index (χ3v) is 1.52. The molecule has 0 bridgehead atoms. The van der Waals surface area contributed by atoms with Crippen molar-refractivity contribution in [3.05, 3.63) is 0 Å². The van der Waals surface area contributed by atoms with Crippen molar-refractivity contribution in [3.63, 3.8) is 0 Å². The second-order valence-electron chi connectivity index (χ2n) is 2.10. The highest BCUT2D eigenvalue weighted by Gasteiger charge is 2.02. The van der Waals surface area contributed by atoms with Crippen LogP contribution in [0.4, 0.5) is 0 Å². The molecule has 0 saturated carbocycles. The van der Waals surface area contributed by atoms with Gasteiger partial charge in [-0.2, -0.15) is 0 Å². The zero-order valence-corrected chi connectivity index (χ0v) is 7.89. The van der Waals surface area contributed by atoms with Crippen molar-refractivity contribution in [2.75, 3.05) is 20.2 Å². The van der Waals surface area contributed by atoms with Gasteiger partial charge in [0.25, 0.3) is 0 Å². The van der Waals surface area contributed by atoms with Crippen LogP contribution in [0.3, 0.4) is 0 Å². The minimum Gasteiger partial charge on any atom is -0.395 e. The molecule has 0 saturated heterocycles. The maximum atomic E-state index is 8.59. The lowest BCUT2D eigenvalue weighted by atomic mass is 10.3. The van der Waals surface area contributed by atoms with E-state index in [1.165, 1.54) is 0 Å².